The van der Waals surface area contributed by atoms with Gasteiger partial charge in [-0.05, 0) is 46.6 Å². The molecule has 0 bridgehead atoms. The summed E-state index contributed by atoms with van der Waals surface area (Å²) in [6.45, 7) is 8.67. The molecule has 0 spiro atoms. The third-order valence-electron chi connectivity index (χ3n) is 5.76. The molecule has 2 aromatic heterocycles. The summed E-state index contributed by atoms with van der Waals surface area (Å²) in [5, 5.41) is 3.14. The van der Waals surface area contributed by atoms with Crippen LogP contribution in [0.25, 0.3) is 16.8 Å². The molecular formula is C24H30N4O4. The first-order chi connectivity index (χ1) is 15.2. The number of methoxy groups -OCH3 is 1. The molecule has 1 fully saturated rings. The molecule has 8 nitrogen and oxygen atoms in total. The molecule has 1 aliphatic rings. The molecule has 1 N–H and O–H groups in total. The summed E-state index contributed by atoms with van der Waals surface area (Å²) in [6, 6.07) is 9.31. The van der Waals surface area contributed by atoms with Crippen molar-refractivity contribution in [1.82, 2.24) is 19.5 Å². The third kappa shape index (κ3) is 4.22. The van der Waals surface area contributed by atoms with E-state index in [1.807, 2.05) is 52.0 Å². The Balaban J connectivity index is 1.65. The highest BCUT2D eigenvalue weighted by atomic mass is 16.6. The zero-order valence-corrected chi connectivity index (χ0v) is 19.3. The lowest BCUT2D eigenvalue weighted by molar-refractivity contribution is 0.0204. The topological polar surface area (TPSA) is 88.9 Å². The number of carbonyl (C=O) groups excluding carboxylic acids is 1. The number of hydrogen-bond acceptors (Lipinski definition) is 5. The van der Waals surface area contributed by atoms with Gasteiger partial charge in [0.2, 0.25) is 0 Å². The minimum absolute atomic E-state index is 0.104. The normalized spacial score (nSPS) is 15.2. The molecule has 4 rings (SSSR count). The highest BCUT2D eigenvalue weighted by molar-refractivity contribution is 5.83. The van der Waals surface area contributed by atoms with Gasteiger partial charge in [0.1, 0.15) is 11.4 Å². The Hall–Kier alpha value is -3.29. The van der Waals surface area contributed by atoms with E-state index in [2.05, 4.69) is 5.10 Å². The van der Waals surface area contributed by atoms with E-state index in [9.17, 15) is 9.59 Å². The Morgan fingerprint density at radius 1 is 1.19 bits per heavy atom. The molecule has 32 heavy (non-hydrogen) atoms. The monoisotopic (exact) mass is 438 g/mol. The van der Waals surface area contributed by atoms with Crippen LogP contribution in [-0.2, 0) is 4.74 Å². The number of fused-ring (bicyclic) bond motifs is 1. The second kappa shape index (κ2) is 8.33. The van der Waals surface area contributed by atoms with Crippen molar-refractivity contribution >= 4 is 11.7 Å². The highest BCUT2D eigenvalue weighted by Crippen LogP contribution is 2.35. The molecule has 1 saturated heterocycles. The maximum absolute atomic E-state index is 12.9. The molecule has 0 atom stereocenters. The molecule has 0 saturated carbocycles. The van der Waals surface area contributed by atoms with E-state index in [4.69, 9.17) is 14.5 Å². The molecular weight excluding hydrogens is 408 g/mol. The van der Waals surface area contributed by atoms with Crippen LogP contribution in [0.3, 0.4) is 0 Å². The van der Waals surface area contributed by atoms with Gasteiger partial charge < -0.3 is 14.4 Å². The summed E-state index contributed by atoms with van der Waals surface area (Å²) in [6.07, 6.45) is 1.17. The molecule has 1 amide bonds. The minimum atomic E-state index is -0.518. The number of H-pyrrole nitrogens is 1. The van der Waals surface area contributed by atoms with Crippen molar-refractivity contribution in [2.75, 3.05) is 20.2 Å². The Bertz CT molecular complexity index is 1200. The Morgan fingerprint density at radius 3 is 2.53 bits per heavy atom. The largest absolute Gasteiger partial charge is 0.496 e. The average molecular weight is 439 g/mol. The average Bonchev–Trinajstić information content (AvgIpc) is 3.09. The van der Waals surface area contributed by atoms with Gasteiger partial charge in [-0.1, -0.05) is 18.2 Å². The van der Waals surface area contributed by atoms with Gasteiger partial charge in [0, 0.05) is 36.3 Å². The quantitative estimate of drug-likeness (QED) is 0.664. The van der Waals surface area contributed by atoms with E-state index >= 15 is 0 Å². The van der Waals surface area contributed by atoms with Crippen molar-refractivity contribution in [3.63, 3.8) is 0 Å². The molecule has 0 radical (unpaired) electrons. The number of carbonyl (C=O) groups is 1. The number of aryl methyl sites for hydroxylation is 1. The number of ether oxygens (including phenoxy) is 2. The van der Waals surface area contributed by atoms with Crippen LogP contribution >= 0.6 is 0 Å². The van der Waals surface area contributed by atoms with Gasteiger partial charge in [-0.15, -0.1) is 0 Å². The molecule has 8 heteroatoms. The van der Waals surface area contributed by atoms with Crippen LogP contribution in [0, 0.1) is 6.92 Å². The van der Waals surface area contributed by atoms with Crippen LogP contribution in [0.1, 0.15) is 50.9 Å². The Morgan fingerprint density at radius 2 is 1.88 bits per heavy atom. The first-order valence-electron chi connectivity index (χ1n) is 10.9. The lowest BCUT2D eigenvalue weighted by Gasteiger charge is -2.33. The van der Waals surface area contributed by atoms with E-state index in [-0.39, 0.29) is 17.6 Å². The Kier molecular flexibility index (Phi) is 5.71. The lowest BCUT2D eigenvalue weighted by Crippen LogP contribution is -2.41. The molecule has 3 heterocycles. The number of aromatic amines is 1. The third-order valence-corrected chi connectivity index (χ3v) is 5.76. The first-order valence-corrected chi connectivity index (χ1v) is 10.9. The fraction of sp³-hybridized carbons (Fsp3) is 0.458. The van der Waals surface area contributed by atoms with Crippen LogP contribution in [0.4, 0.5) is 4.79 Å². The minimum Gasteiger partial charge on any atom is -0.496 e. The number of hydrogen-bond donors (Lipinski definition) is 1. The van der Waals surface area contributed by atoms with E-state index in [0.717, 1.165) is 41.1 Å². The van der Waals surface area contributed by atoms with Gasteiger partial charge in [0.25, 0.3) is 5.56 Å². The van der Waals surface area contributed by atoms with E-state index in [0.29, 0.717) is 18.7 Å². The Labute approximate surface area is 187 Å². The number of piperidine rings is 1. The van der Waals surface area contributed by atoms with Gasteiger partial charge in [-0.2, -0.15) is 0 Å². The lowest BCUT2D eigenvalue weighted by atomic mass is 9.93. The van der Waals surface area contributed by atoms with Gasteiger partial charge in [0.05, 0.1) is 18.4 Å². The van der Waals surface area contributed by atoms with Crippen molar-refractivity contribution in [3.05, 3.63) is 52.1 Å². The maximum Gasteiger partial charge on any atom is 0.410 e. The van der Waals surface area contributed by atoms with Gasteiger partial charge in [-0.25, -0.2) is 14.3 Å². The molecule has 170 valence electrons. The van der Waals surface area contributed by atoms with Crippen molar-refractivity contribution < 1.29 is 14.3 Å². The fourth-order valence-corrected chi connectivity index (χ4v) is 4.23. The van der Waals surface area contributed by atoms with Crippen LogP contribution in [-0.4, -0.2) is 51.4 Å². The van der Waals surface area contributed by atoms with Gasteiger partial charge in [0.15, 0.2) is 5.65 Å². The standard InChI is InChI=1S/C24H30N4O4/c1-15-21(17-8-6-7-9-19(17)31-5)22-25-18(14-20(29)28(22)26-15)16-10-12-27(13-11-16)23(30)32-24(2,3)4/h6-9,14,16,26H,10-13H2,1-5H3. The first kappa shape index (κ1) is 21.9. The summed E-state index contributed by atoms with van der Waals surface area (Å²) in [4.78, 5) is 31.9. The summed E-state index contributed by atoms with van der Waals surface area (Å²) in [7, 11) is 1.63. The van der Waals surface area contributed by atoms with Crippen LogP contribution in [0.2, 0.25) is 0 Å². The van der Waals surface area contributed by atoms with Crippen molar-refractivity contribution in [3.8, 4) is 16.9 Å². The van der Waals surface area contributed by atoms with Crippen LogP contribution in [0.5, 0.6) is 5.75 Å². The summed E-state index contributed by atoms with van der Waals surface area (Å²) in [5.41, 5.74) is 3.26. The van der Waals surface area contributed by atoms with Gasteiger partial charge in [-0.3, -0.25) is 9.89 Å². The zero-order valence-electron chi connectivity index (χ0n) is 19.3. The number of aromatic nitrogens is 3. The second-order valence-electron chi connectivity index (χ2n) is 9.23. The predicted molar refractivity (Wildman–Crippen MR) is 122 cm³/mol. The maximum atomic E-state index is 12.9. The molecule has 1 aliphatic heterocycles. The van der Waals surface area contributed by atoms with Crippen molar-refractivity contribution in [2.45, 2.75) is 52.1 Å². The molecule has 0 unspecified atom stereocenters. The summed E-state index contributed by atoms with van der Waals surface area (Å²) in [5.74, 6) is 0.828. The summed E-state index contributed by atoms with van der Waals surface area (Å²) >= 11 is 0. The van der Waals surface area contributed by atoms with Gasteiger partial charge >= 0.3 is 6.09 Å². The van der Waals surface area contributed by atoms with Crippen molar-refractivity contribution in [2.24, 2.45) is 0 Å². The molecule has 3 aromatic rings. The fourth-order valence-electron chi connectivity index (χ4n) is 4.23. The highest BCUT2D eigenvalue weighted by Gasteiger charge is 2.29. The van der Waals surface area contributed by atoms with E-state index in [1.165, 1.54) is 4.52 Å². The number of rotatable bonds is 3. The van der Waals surface area contributed by atoms with Crippen LogP contribution < -0.4 is 10.3 Å². The van der Waals surface area contributed by atoms with E-state index < -0.39 is 5.60 Å². The number of likely N-dealkylation sites (tertiary alicyclic amines) is 1. The second-order valence-corrected chi connectivity index (χ2v) is 9.23. The molecule has 0 aliphatic carbocycles. The predicted octanol–water partition coefficient (Wildman–Crippen LogP) is 4.12. The van der Waals surface area contributed by atoms with Crippen LogP contribution in [0.15, 0.2) is 35.1 Å². The van der Waals surface area contributed by atoms with E-state index in [1.54, 1.807) is 18.1 Å². The zero-order chi connectivity index (χ0) is 23.0. The number of amides is 1. The molecule has 1 aromatic carbocycles. The SMILES string of the molecule is COc1ccccc1-c1c(C)[nH]n2c(=O)cc(C3CCN(C(=O)OC(C)(C)C)CC3)nc12. The van der Waals surface area contributed by atoms with Crippen molar-refractivity contribution in [1.29, 1.82) is 0 Å². The smallest absolute Gasteiger partial charge is 0.410 e. The number of para-hydroxylation sites is 1. The number of benzene rings is 1. The number of nitrogens with one attached hydrogen (secondary N) is 1. The number of nitrogens with zero attached hydrogens (tertiary/aromatic N) is 3. The summed E-state index contributed by atoms with van der Waals surface area (Å²) < 4.78 is 12.5.